The molecular weight excluding hydrogens is 403 g/mol. The van der Waals surface area contributed by atoms with Gasteiger partial charge in [-0.15, -0.1) is 0 Å². The van der Waals surface area contributed by atoms with Crippen molar-refractivity contribution >= 4 is 24.3 Å². The fourth-order valence-corrected chi connectivity index (χ4v) is 19.7. The summed E-state index contributed by atoms with van der Waals surface area (Å²) >= 11 is -2.19. The Morgan fingerprint density at radius 1 is 0.917 bits per heavy atom. The molecule has 0 rings (SSSR count). The van der Waals surface area contributed by atoms with Gasteiger partial charge in [-0.3, -0.25) is 0 Å². The van der Waals surface area contributed by atoms with Crippen LogP contribution in [0.5, 0.6) is 0 Å². The topological polar surface area (TPSA) is 26.3 Å². The minimum atomic E-state index is -2.19. The van der Waals surface area contributed by atoms with Crippen LogP contribution in [0, 0.1) is 5.41 Å². The van der Waals surface area contributed by atoms with Gasteiger partial charge in [-0.2, -0.15) is 0 Å². The molecule has 0 heterocycles. The van der Waals surface area contributed by atoms with E-state index in [9.17, 15) is 4.79 Å². The third kappa shape index (κ3) is 10.1. The molecule has 0 aliphatic heterocycles. The van der Waals surface area contributed by atoms with E-state index in [1.807, 2.05) is 20.8 Å². The van der Waals surface area contributed by atoms with Crippen molar-refractivity contribution in [2.75, 3.05) is 6.61 Å². The fraction of sp³-hybridized carbons (Fsp3) is 0.857. The van der Waals surface area contributed by atoms with E-state index in [4.69, 9.17) is 4.74 Å². The first-order valence-corrected chi connectivity index (χ1v) is 18.1. The number of unbranched alkanes of at least 4 members (excludes halogenated alkanes) is 3. The molecular formula is C21H42O2Sn. The van der Waals surface area contributed by atoms with Crippen LogP contribution in [0.3, 0.4) is 0 Å². The zero-order valence-corrected chi connectivity index (χ0v) is 20.2. The van der Waals surface area contributed by atoms with Gasteiger partial charge in [0.25, 0.3) is 0 Å². The van der Waals surface area contributed by atoms with Crippen molar-refractivity contribution in [2.45, 2.75) is 97.8 Å². The second-order valence-electron chi connectivity index (χ2n) is 8.56. The van der Waals surface area contributed by atoms with Gasteiger partial charge in [0.05, 0.1) is 0 Å². The van der Waals surface area contributed by atoms with E-state index in [0.29, 0.717) is 6.61 Å². The van der Waals surface area contributed by atoms with Crippen LogP contribution >= 0.6 is 0 Å². The molecule has 0 N–H and O–H groups in total. The Bertz CT molecular complexity index is 347. The van der Waals surface area contributed by atoms with Crippen molar-refractivity contribution < 1.29 is 9.53 Å². The Balaban J connectivity index is 4.85. The maximum atomic E-state index is 12.0. The number of hydrogen-bond donors (Lipinski definition) is 0. The summed E-state index contributed by atoms with van der Waals surface area (Å²) in [7, 11) is 0. The number of ether oxygens (including phenoxy) is 1. The van der Waals surface area contributed by atoms with E-state index in [0.717, 1.165) is 0 Å². The zero-order valence-electron chi connectivity index (χ0n) is 17.3. The molecule has 0 saturated carbocycles. The molecule has 0 aliphatic rings. The fourth-order valence-electron chi connectivity index (χ4n) is 3.26. The van der Waals surface area contributed by atoms with Crippen molar-refractivity contribution in [2.24, 2.45) is 5.41 Å². The molecule has 24 heavy (non-hydrogen) atoms. The first kappa shape index (κ1) is 24.0. The number of carbonyl (C=O) groups is 1. The van der Waals surface area contributed by atoms with Gasteiger partial charge in [-0.05, 0) is 0 Å². The molecule has 0 radical (unpaired) electrons. The molecule has 0 amide bonds. The molecule has 2 nitrogen and oxygen atoms in total. The predicted octanol–water partition coefficient (Wildman–Crippen LogP) is 6.98. The SMILES string of the molecule is C=C(COC(=O)C(C)(C)C)[CH2][Sn]([CH2]CCC)([CH2]CCC)[CH2]CCC. The summed E-state index contributed by atoms with van der Waals surface area (Å²) in [5, 5.41) is 0. The van der Waals surface area contributed by atoms with E-state index in [1.165, 1.54) is 61.8 Å². The summed E-state index contributed by atoms with van der Waals surface area (Å²) in [6.45, 7) is 17.4. The van der Waals surface area contributed by atoms with Crippen molar-refractivity contribution in [3.8, 4) is 0 Å². The number of carbonyl (C=O) groups excluding carboxylic acids is 1. The standard InChI is InChI=1S/C9H15O2.3C4H9.Sn/c1-7(2)6-11-8(10)9(3,4)5;3*1-3-4-2;/h1-2,6H2,3-5H3;3*1,3-4H2,2H3;. The van der Waals surface area contributed by atoms with Crippen LogP contribution in [0.4, 0.5) is 0 Å². The zero-order chi connectivity index (χ0) is 18.6. The van der Waals surface area contributed by atoms with Crippen LogP contribution in [-0.4, -0.2) is 31.0 Å². The van der Waals surface area contributed by atoms with Gasteiger partial charge in [0.1, 0.15) is 0 Å². The van der Waals surface area contributed by atoms with E-state index in [1.54, 1.807) is 0 Å². The third-order valence-electron chi connectivity index (χ3n) is 4.83. The Kier molecular flexibility index (Phi) is 12.4. The molecule has 3 heteroatoms. The Morgan fingerprint density at radius 2 is 1.33 bits per heavy atom. The molecule has 0 aromatic carbocycles. The Labute approximate surface area is 155 Å². The summed E-state index contributed by atoms with van der Waals surface area (Å²) in [5.41, 5.74) is 0.750. The molecule has 0 aromatic rings. The molecule has 0 aromatic heterocycles. The minimum absolute atomic E-state index is 0.111. The summed E-state index contributed by atoms with van der Waals surface area (Å²) in [5.74, 6) is -0.111. The van der Waals surface area contributed by atoms with Crippen LogP contribution in [0.25, 0.3) is 0 Å². The number of hydrogen-bond acceptors (Lipinski definition) is 2. The molecule has 0 spiro atoms. The Hall–Kier alpha value is 0.00870. The normalized spacial score (nSPS) is 12.2. The van der Waals surface area contributed by atoms with Gasteiger partial charge in [0.2, 0.25) is 0 Å². The molecule has 0 saturated heterocycles. The Morgan fingerprint density at radius 3 is 1.67 bits per heavy atom. The van der Waals surface area contributed by atoms with Crippen LogP contribution in [0.1, 0.15) is 80.1 Å². The maximum absolute atomic E-state index is 12.0. The second-order valence-corrected chi connectivity index (χ2v) is 22.4. The second kappa shape index (κ2) is 12.4. The summed E-state index contributed by atoms with van der Waals surface area (Å²) < 4.78 is 11.2. The average Bonchev–Trinajstić information content (AvgIpc) is 2.52. The summed E-state index contributed by atoms with van der Waals surface area (Å²) in [4.78, 5) is 12.0. The monoisotopic (exact) mass is 446 g/mol. The molecule has 0 fully saturated rings. The van der Waals surface area contributed by atoms with Crippen LogP contribution in [0.2, 0.25) is 17.7 Å². The molecule has 0 bridgehead atoms. The van der Waals surface area contributed by atoms with Gasteiger partial charge >= 0.3 is 156 Å². The van der Waals surface area contributed by atoms with Gasteiger partial charge in [0, 0.05) is 0 Å². The van der Waals surface area contributed by atoms with E-state index >= 15 is 0 Å². The molecule has 0 unspecified atom stereocenters. The first-order valence-electron chi connectivity index (χ1n) is 10.0. The van der Waals surface area contributed by atoms with Crippen LogP contribution in [-0.2, 0) is 9.53 Å². The van der Waals surface area contributed by atoms with E-state index in [-0.39, 0.29) is 5.97 Å². The van der Waals surface area contributed by atoms with Crippen LogP contribution < -0.4 is 0 Å². The quantitative estimate of drug-likeness (QED) is 0.174. The molecule has 0 atom stereocenters. The van der Waals surface area contributed by atoms with Gasteiger partial charge in [0.15, 0.2) is 0 Å². The van der Waals surface area contributed by atoms with Gasteiger partial charge < -0.3 is 0 Å². The average molecular weight is 445 g/mol. The van der Waals surface area contributed by atoms with Gasteiger partial charge in [-0.1, -0.05) is 0 Å². The van der Waals surface area contributed by atoms with Crippen molar-refractivity contribution in [3.63, 3.8) is 0 Å². The third-order valence-corrected chi connectivity index (χ3v) is 20.5. The van der Waals surface area contributed by atoms with Crippen LogP contribution in [0.15, 0.2) is 12.2 Å². The number of rotatable bonds is 13. The molecule has 142 valence electrons. The molecule has 0 aliphatic carbocycles. The number of esters is 1. The summed E-state index contributed by atoms with van der Waals surface area (Å²) in [6, 6.07) is 0. The van der Waals surface area contributed by atoms with E-state index < -0.39 is 23.8 Å². The summed E-state index contributed by atoms with van der Waals surface area (Å²) in [6.07, 6.45) is 8.00. The van der Waals surface area contributed by atoms with Crippen molar-refractivity contribution in [1.82, 2.24) is 0 Å². The van der Waals surface area contributed by atoms with E-state index in [2.05, 4.69) is 27.4 Å². The van der Waals surface area contributed by atoms with Crippen molar-refractivity contribution in [1.29, 1.82) is 0 Å². The first-order chi connectivity index (χ1) is 11.2. The predicted molar refractivity (Wildman–Crippen MR) is 109 cm³/mol. The van der Waals surface area contributed by atoms with Gasteiger partial charge in [-0.25, -0.2) is 0 Å². The van der Waals surface area contributed by atoms with Crippen molar-refractivity contribution in [3.05, 3.63) is 12.2 Å².